The minimum absolute atomic E-state index is 0.260. The Balaban J connectivity index is 4.48. The molecule has 0 aromatic carbocycles. The molecule has 0 saturated carbocycles. The van der Waals surface area contributed by atoms with Crippen LogP contribution in [0.2, 0.25) is 0 Å². The van der Waals surface area contributed by atoms with Gasteiger partial charge in [0.2, 0.25) is 0 Å². The van der Waals surface area contributed by atoms with Crippen molar-refractivity contribution in [1.82, 2.24) is 5.32 Å². The van der Waals surface area contributed by atoms with E-state index in [-0.39, 0.29) is 6.04 Å². The number of aliphatic carboxylic acids is 1. The van der Waals surface area contributed by atoms with Crippen molar-refractivity contribution >= 4 is 5.97 Å². The van der Waals surface area contributed by atoms with Crippen molar-refractivity contribution in [3.05, 3.63) is 0 Å². The number of carboxylic acids is 1. The Morgan fingerprint density at radius 1 is 1.38 bits per heavy atom. The normalized spacial score (nSPS) is 14.2. The molecule has 0 heterocycles. The van der Waals surface area contributed by atoms with Gasteiger partial charge < -0.3 is 5.11 Å². The number of hydrogen-bond acceptors (Lipinski definition) is 2. The lowest BCUT2D eigenvalue weighted by atomic mass is 9.91. The average Bonchev–Trinajstić information content (AvgIpc) is 2.13. The molecule has 1 unspecified atom stereocenters. The van der Waals surface area contributed by atoms with Gasteiger partial charge in [-0.2, -0.15) is 0 Å². The maximum Gasteiger partial charge on any atom is 0.323 e. The molecule has 0 aliphatic heterocycles. The Labute approximate surface area is 80.5 Å². The van der Waals surface area contributed by atoms with Crippen molar-refractivity contribution < 1.29 is 9.90 Å². The Morgan fingerprint density at radius 2 is 1.85 bits per heavy atom. The van der Waals surface area contributed by atoms with Crippen LogP contribution in [0.3, 0.4) is 0 Å². The zero-order valence-corrected chi connectivity index (χ0v) is 9.05. The third-order valence-electron chi connectivity index (χ3n) is 2.75. The molecule has 0 aromatic rings. The highest BCUT2D eigenvalue weighted by Gasteiger charge is 2.35. The van der Waals surface area contributed by atoms with E-state index < -0.39 is 11.5 Å². The van der Waals surface area contributed by atoms with E-state index in [1.807, 2.05) is 20.8 Å². The monoisotopic (exact) mass is 187 g/mol. The maximum absolute atomic E-state index is 11.1. The maximum atomic E-state index is 11.1. The molecule has 0 radical (unpaired) electrons. The van der Waals surface area contributed by atoms with Crippen LogP contribution in [0.4, 0.5) is 0 Å². The molecule has 0 saturated heterocycles. The van der Waals surface area contributed by atoms with Gasteiger partial charge >= 0.3 is 5.97 Å². The summed E-state index contributed by atoms with van der Waals surface area (Å²) in [5.41, 5.74) is -0.727. The number of rotatable bonds is 6. The fourth-order valence-corrected chi connectivity index (χ4v) is 1.39. The van der Waals surface area contributed by atoms with Gasteiger partial charge in [0.15, 0.2) is 0 Å². The fourth-order valence-electron chi connectivity index (χ4n) is 1.39. The third kappa shape index (κ3) is 2.99. The molecular formula is C10H21NO2. The van der Waals surface area contributed by atoms with E-state index in [1.165, 1.54) is 0 Å². The van der Waals surface area contributed by atoms with E-state index >= 15 is 0 Å². The number of nitrogens with one attached hydrogen (secondary N) is 1. The quantitative estimate of drug-likeness (QED) is 0.668. The highest BCUT2D eigenvalue weighted by atomic mass is 16.4. The second kappa shape index (κ2) is 5.22. The largest absolute Gasteiger partial charge is 0.480 e. The SMILES string of the molecule is CCC(C)NC(CC)(CC)C(=O)O. The van der Waals surface area contributed by atoms with Crippen LogP contribution in [-0.2, 0) is 4.79 Å². The van der Waals surface area contributed by atoms with Crippen molar-refractivity contribution in [1.29, 1.82) is 0 Å². The highest BCUT2D eigenvalue weighted by Crippen LogP contribution is 2.16. The third-order valence-corrected chi connectivity index (χ3v) is 2.75. The Hall–Kier alpha value is -0.570. The summed E-state index contributed by atoms with van der Waals surface area (Å²) >= 11 is 0. The predicted octanol–water partition coefficient (Wildman–Crippen LogP) is 2.02. The number of carboxylic acid groups (broad SMARTS) is 1. The predicted molar refractivity (Wildman–Crippen MR) is 53.8 cm³/mol. The molecule has 3 heteroatoms. The molecule has 3 nitrogen and oxygen atoms in total. The molecule has 0 bridgehead atoms. The number of carbonyl (C=O) groups is 1. The summed E-state index contributed by atoms with van der Waals surface area (Å²) < 4.78 is 0. The summed E-state index contributed by atoms with van der Waals surface area (Å²) in [6.45, 7) is 7.89. The molecule has 0 fully saturated rings. The molecule has 0 aliphatic carbocycles. The summed E-state index contributed by atoms with van der Waals surface area (Å²) in [5.74, 6) is -0.738. The Kier molecular flexibility index (Phi) is 4.99. The first kappa shape index (κ1) is 12.4. The number of hydrogen-bond donors (Lipinski definition) is 2. The molecule has 0 aliphatic rings. The molecule has 0 rings (SSSR count). The first-order chi connectivity index (χ1) is 6.02. The smallest absolute Gasteiger partial charge is 0.323 e. The van der Waals surface area contributed by atoms with Crippen LogP contribution in [0.25, 0.3) is 0 Å². The summed E-state index contributed by atoms with van der Waals surface area (Å²) in [5, 5.41) is 12.3. The molecule has 0 amide bonds. The molecule has 0 spiro atoms. The van der Waals surface area contributed by atoms with E-state index in [0.717, 1.165) is 6.42 Å². The van der Waals surface area contributed by atoms with E-state index in [1.54, 1.807) is 0 Å². The first-order valence-electron chi connectivity index (χ1n) is 5.03. The minimum Gasteiger partial charge on any atom is -0.480 e. The van der Waals surface area contributed by atoms with Crippen molar-refractivity contribution in [2.45, 2.75) is 58.5 Å². The van der Waals surface area contributed by atoms with Crippen molar-refractivity contribution in [3.8, 4) is 0 Å². The lowest BCUT2D eigenvalue weighted by molar-refractivity contribution is -0.145. The zero-order chi connectivity index (χ0) is 10.5. The molecule has 78 valence electrons. The van der Waals surface area contributed by atoms with E-state index in [0.29, 0.717) is 12.8 Å². The Morgan fingerprint density at radius 3 is 2.08 bits per heavy atom. The first-order valence-corrected chi connectivity index (χ1v) is 5.03. The second-order valence-electron chi connectivity index (χ2n) is 3.55. The van der Waals surface area contributed by atoms with Crippen molar-refractivity contribution in [3.63, 3.8) is 0 Å². The van der Waals surface area contributed by atoms with Crippen molar-refractivity contribution in [2.24, 2.45) is 0 Å². The second-order valence-corrected chi connectivity index (χ2v) is 3.55. The molecule has 2 N–H and O–H groups in total. The van der Waals surface area contributed by atoms with Gasteiger partial charge in [-0.15, -0.1) is 0 Å². The van der Waals surface area contributed by atoms with Crippen LogP contribution in [0.15, 0.2) is 0 Å². The van der Waals surface area contributed by atoms with Gasteiger partial charge in [-0.3, -0.25) is 10.1 Å². The topological polar surface area (TPSA) is 49.3 Å². The minimum atomic E-state index is -0.738. The standard InChI is InChI=1S/C10H21NO2/c1-5-8(4)11-10(6-2,7-3)9(12)13/h8,11H,5-7H2,1-4H3,(H,12,13). The van der Waals surface area contributed by atoms with Gasteiger partial charge in [0.1, 0.15) is 5.54 Å². The van der Waals surface area contributed by atoms with Crippen LogP contribution in [-0.4, -0.2) is 22.7 Å². The lowest BCUT2D eigenvalue weighted by Crippen LogP contribution is -2.54. The summed E-state index contributed by atoms with van der Waals surface area (Å²) in [7, 11) is 0. The van der Waals surface area contributed by atoms with Gasteiger partial charge in [0.05, 0.1) is 0 Å². The van der Waals surface area contributed by atoms with Crippen LogP contribution in [0, 0.1) is 0 Å². The summed E-state index contributed by atoms with van der Waals surface area (Å²) in [6.07, 6.45) is 2.21. The van der Waals surface area contributed by atoms with Crippen molar-refractivity contribution in [2.75, 3.05) is 0 Å². The van der Waals surface area contributed by atoms with E-state index in [9.17, 15) is 4.79 Å². The Bertz CT molecular complexity index is 164. The van der Waals surface area contributed by atoms with Gasteiger partial charge in [0, 0.05) is 6.04 Å². The molecule has 13 heavy (non-hydrogen) atoms. The summed E-state index contributed by atoms with van der Waals surface area (Å²) in [4.78, 5) is 11.1. The van der Waals surface area contributed by atoms with Crippen LogP contribution < -0.4 is 5.32 Å². The molecule has 0 aromatic heterocycles. The van der Waals surface area contributed by atoms with Crippen LogP contribution >= 0.6 is 0 Å². The van der Waals surface area contributed by atoms with E-state index in [2.05, 4.69) is 12.2 Å². The fraction of sp³-hybridized carbons (Fsp3) is 0.900. The summed E-state index contributed by atoms with van der Waals surface area (Å²) in [6, 6.07) is 0.260. The average molecular weight is 187 g/mol. The lowest BCUT2D eigenvalue weighted by Gasteiger charge is -2.31. The van der Waals surface area contributed by atoms with E-state index in [4.69, 9.17) is 5.11 Å². The van der Waals surface area contributed by atoms with Crippen LogP contribution in [0.1, 0.15) is 47.0 Å². The highest BCUT2D eigenvalue weighted by molar-refractivity contribution is 5.78. The van der Waals surface area contributed by atoms with Gasteiger partial charge in [-0.1, -0.05) is 20.8 Å². The van der Waals surface area contributed by atoms with Gasteiger partial charge in [-0.05, 0) is 26.2 Å². The van der Waals surface area contributed by atoms with Crippen LogP contribution in [0.5, 0.6) is 0 Å². The zero-order valence-electron chi connectivity index (χ0n) is 9.05. The molecule has 1 atom stereocenters. The van der Waals surface area contributed by atoms with Gasteiger partial charge in [0.25, 0.3) is 0 Å². The van der Waals surface area contributed by atoms with Gasteiger partial charge in [-0.25, -0.2) is 0 Å². The molecular weight excluding hydrogens is 166 g/mol.